The number of aromatic nitrogens is 2. The molecule has 3 rings (SSSR count). The number of hydrogen-bond donors (Lipinski definition) is 1. The number of nitrogens with zero attached hydrogens (tertiary/aromatic N) is 2. The van der Waals surface area contributed by atoms with E-state index in [4.69, 9.17) is 0 Å². The molecule has 0 radical (unpaired) electrons. The van der Waals surface area contributed by atoms with Gasteiger partial charge in [-0.2, -0.15) is 0 Å². The van der Waals surface area contributed by atoms with Crippen molar-refractivity contribution in [3.8, 4) is 0 Å². The molecule has 1 fully saturated rings. The molecule has 2 aromatic heterocycles. The number of amides is 1. The quantitative estimate of drug-likeness (QED) is 0.880. The van der Waals surface area contributed by atoms with E-state index < -0.39 is 0 Å². The Kier molecular flexibility index (Phi) is 3.13. The van der Waals surface area contributed by atoms with Crippen molar-refractivity contribution in [2.45, 2.75) is 18.8 Å². The highest BCUT2D eigenvalue weighted by Gasteiger charge is 2.26. The molecule has 2 heterocycles. The summed E-state index contributed by atoms with van der Waals surface area (Å²) in [4.78, 5) is 20.4. The van der Waals surface area contributed by atoms with Gasteiger partial charge in [0.15, 0.2) is 5.13 Å². The molecule has 0 atom stereocenters. The van der Waals surface area contributed by atoms with Crippen LogP contribution in [0.2, 0.25) is 0 Å². The van der Waals surface area contributed by atoms with Gasteiger partial charge in [0.25, 0.3) is 5.91 Å². The molecule has 0 saturated heterocycles. The lowest BCUT2D eigenvalue weighted by molar-refractivity contribution is 0.102. The number of carbonyl (C=O) groups excluding carboxylic acids is 1. The van der Waals surface area contributed by atoms with Crippen LogP contribution in [0.3, 0.4) is 0 Å². The topological polar surface area (TPSA) is 54.9 Å². The van der Waals surface area contributed by atoms with Crippen molar-refractivity contribution < 1.29 is 4.79 Å². The molecule has 1 aliphatic rings. The van der Waals surface area contributed by atoms with E-state index in [2.05, 4.69) is 31.2 Å². The summed E-state index contributed by atoms with van der Waals surface area (Å²) in [7, 11) is 0. The van der Waals surface area contributed by atoms with Crippen LogP contribution in [0, 0.1) is 0 Å². The van der Waals surface area contributed by atoms with Gasteiger partial charge in [-0.1, -0.05) is 0 Å². The third-order valence-corrected chi connectivity index (χ3v) is 3.94. The van der Waals surface area contributed by atoms with Gasteiger partial charge in [-0.05, 0) is 40.9 Å². The molecule has 1 N–H and O–H groups in total. The molecular formula is C12H10BrN3OS. The minimum atomic E-state index is -0.158. The number of carbonyl (C=O) groups is 1. The highest BCUT2D eigenvalue weighted by Crippen LogP contribution is 2.40. The molecule has 0 bridgehead atoms. The third kappa shape index (κ3) is 2.59. The number of anilines is 1. The van der Waals surface area contributed by atoms with E-state index in [9.17, 15) is 4.79 Å². The average molecular weight is 324 g/mol. The zero-order chi connectivity index (χ0) is 12.5. The monoisotopic (exact) mass is 323 g/mol. The van der Waals surface area contributed by atoms with Crippen molar-refractivity contribution in [3.63, 3.8) is 0 Å². The van der Waals surface area contributed by atoms with Crippen molar-refractivity contribution in [2.75, 3.05) is 5.32 Å². The Balaban J connectivity index is 1.73. The summed E-state index contributed by atoms with van der Waals surface area (Å²) in [6, 6.07) is 3.36. The van der Waals surface area contributed by atoms with Crippen molar-refractivity contribution in [1.29, 1.82) is 0 Å². The Labute approximate surface area is 117 Å². The molecule has 1 amide bonds. The van der Waals surface area contributed by atoms with Gasteiger partial charge in [0.1, 0.15) is 4.60 Å². The summed E-state index contributed by atoms with van der Waals surface area (Å²) < 4.78 is 0.646. The lowest BCUT2D eigenvalue weighted by Gasteiger charge is -2.01. The largest absolute Gasteiger partial charge is 0.298 e. The van der Waals surface area contributed by atoms with E-state index in [0.717, 1.165) is 5.69 Å². The lowest BCUT2D eigenvalue weighted by Crippen LogP contribution is -2.11. The zero-order valence-corrected chi connectivity index (χ0v) is 11.8. The van der Waals surface area contributed by atoms with Gasteiger partial charge < -0.3 is 0 Å². The Morgan fingerprint density at radius 1 is 1.50 bits per heavy atom. The fraction of sp³-hybridized carbons (Fsp3) is 0.250. The van der Waals surface area contributed by atoms with Crippen LogP contribution in [0.4, 0.5) is 5.13 Å². The standard InChI is InChI=1S/C12H10BrN3OS/c13-10-5-8(3-4-14-10)11(17)16-12-15-9(6-18-12)7-1-2-7/h3-7H,1-2H2,(H,15,16,17). The Morgan fingerprint density at radius 3 is 3.06 bits per heavy atom. The van der Waals surface area contributed by atoms with Crippen LogP contribution >= 0.6 is 27.3 Å². The molecule has 0 spiro atoms. The van der Waals surface area contributed by atoms with Crippen LogP contribution in [0.15, 0.2) is 28.3 Å². The van der Waals surface area contributed by atoms with Gasteiger partial charge in [-0.15, -0.1) is 11.3 Å². The summed E-state index contributed by atoms with van der Waals surface area (Å²) >= 11 is 4.72. The van der Waals surface area contributed by atoms with Crippen LogP contribution in [0.25, 0.3) is 0 Å². The minimum absolute atomic E-state index is 0.158. The van der Waals surface area contributed by atoms with E-state index in [1.165, 1.54) is 24.2 Å². The summed E-state index contributed by atoms with van der Waals surface area (Å²) in [5, 5.41) is 5.49. The Hall–Kier alpha value is -1.27. The first-order chi connectivity index (χ1) is 8.72. The first kappa shape index (κ1) is 11.8. The van der Waals surface area contributed by atoms with Crippen molar-refractivity contribution in [1.82, 2.24) is 9.97 Å². The summed E-state index contributed by atoms with van der Waals surface area (Å²) in [6.07, 6.45) is 4.03. The number of hydrogen-bond acceptors (Lipinski definition) is 4. The smallest absolute Gasteiger partial charge is 0.257 e. The fourth-order valence-electron chi connectivity index (χ4n) is 1.62. The van der Waals surface area contributed by atoms with Crippen molar-refractivity contribution in [2.24, 2.45) is 0 Å². The Bertz CT molecular complexity index is 595. The molecule has 92 valence electrons. The molecule has 6 heteroatoms. The number of halogens is 1. The third-order valence-electron chi connectivity index (χ3n) is 2.73. The highest BCUT2D eigenvalue weighted by atomic mass is 79.9. The normalized spacial score (nSPS) is 14.5. The van der Waals surface area contributed by atoms with Gasteiger partial charge in [0.2, 0.25) is 0 Å². The minimum Gasteiger partial charge on any atom is -0.298 e. The van der Waals surface area contributed by atoms with Crippen LogP contribution in [0.1, 0.15) is 34.8 Å². The van der Waals surface area contributed by atoms with Crippen molar-refractivity contribution in [3.05, 3.63) is 39.6 Å². The molecule has 0 aliphatic heterocycles. The molecule has 1 saturated carbocycles. The van der Waals surface area contributed by atoms with E-state index in [1.807, 2.05) is 5.38 Å². The maximum Gasteiger partial charge on any atom is 0.257 e. The molecule has 18 heavy (non-hydrogen) atoms. The van der Waals surface area contributed by atoms with Crippen LogP contribution in [-0.4, -0.2) is 15.9 Å². The molecule has 1 aliphatic carbocycles. The van der Waals surface area contributed by atoms with Gasteiger partial charge in [0, 0.05) is 23.1 Å². The summed E-state index contributed by atoms with van der Waals surface area (Å²) in [6.45, 7) is 0. The lowest BCUT2D eigenvalue weighted by atomic mass is 10.2. The first-order valence-corrected chi connectivity index (χ1v) is 7.28. The molecule has 4 nitrogen and oxygen atoms in total. The number of rotatable bonds is 3. The fourth-order valence-corrected chi connectivity index (χ4v) is 2.78. The Morgan fingerprint density at radius 2 is 2.33 bits per heavy atom. The molecular weight excluding hydrogens is 314 g/mol. The second kappa shape index (κ2) is 4.78. The average Bonchev–Trinajstić information content (AvgIpc) is 3.11. The zero-order valence-electron chi connectivity index (χ0n) is 9.39. The van der Waals surface area contributed by atoms with Gasteiger partial charge >= 0.3 is 0 Å². The molecule has 0 aromatic carbocycles. The van der Waals surface area contributed by atoms with Crippen LogP contribution in [-0.2, 0) is 0 Å². The number of nitrogens with one attached hydrogen (secondary N) is 1. The van der Waals surface area contributed by atoms with E-state index in [1.54, 1.807) is 18.3 Å². The first-order valence-electron chi connectivity index (χ1n) is 5.61. The van der Waals surface area contributed by atoms with Crippen LogP contribution in [0.5, 0.6) is 0 Å². The SMILES string of the molecule is O=C(Nc1nc(C2CC2)cs1)c1ccnc(Br)c1. The number of thiazole rings is 1. The predicted molar refractivity (Wildman–Crippen MR) is 74.0 cm³/mol. The maximum absolute atomic E-state index is 12.0. The molecule has 0 unspecified atom stereocenters. The summed E-state index contributed by atoms with van der Waals surface area (Å²) in [5.74, 6) is 0.455. The van der Waals surface area contributed by atoms with Crippen LogP contribution < -0.4 is 5.32 Å². The van der Waals surface area contributed by atoms with Gasteiger partial charge in [-0.25, -0.2) is 9.97 Å². The van der Waals surface area contributed by atoms with E-state index >= 15 is 0 Å². The highest BCUT2D eigenvalue weighted by molar-refractivity contribution is 9.10. The van der Waals surface area contributed by atoms with E-state index in [0.29, 0.717) is 21.2 Å². The molecule has 2 aromatic rings. The summed E-state index contributed by atoms with van der Waals surface area (Å²) in [5.41, 5.74) is 1.67. The van der Waals surface area contributed by atoms with Crippen molar-refractivity contribution >= 4 is 38.3 Å². The second-order valence-electron chi connectivity index (χ2n) is 4.17. The van der Waals surface area contributed by atoms with E-state index in [-0.39, 0.29) is 5.91 Å². The van der Waals surface area contributed by atoms with Gasteiger partial charge in [0.05, 0.1) is 5.69 Å². The maximum atomic E-state index is 12.0. The second-order valence-corrected chi connectivity index (χ2v) is 5.84. The van der Waals surface area contributed by atoms with Gasteiger partial charge in [-0.3, -0.25) is 10.1 Å². The predicted octanol–water partition coefficient (Wildman–Crippen LogP) is 3.43. The number of pyridine rings is 1.